The van der Waals surface area contributed by atoms with E-state index in [2.05, 4.69) is 10.6 Å². The second kappa shape index (κ2) is 6.97. The minimum atomic E-state index is 0.330. The van der Waals surface area contributed by atoms with Gasteiger partial charge in [0.15, 0.2) is 0 Å². The summed E-state index contributed by atoms with van der Waals surface area (Å²) >= 11 is 0. The average molecular weight is 239 g/mol. The lowest BCUT2D eigenvalue weighted by atomic mass is 10.1. The molecule has 4 heteroatoms. The van der Waals surface area contributed by atoms with E-state index in [1.54, 1.807) is 0 Å². The van der Waals surface area contributed by atoms with Crippen LogP contribution in [0.1, 0.15) is 38.5 Å². The van der Waals surface area contributed by atoms with Gasteiger partial charge in [-0.1, -0.05) is 0 Å². The van der Waals surface area contributed by atoms with Crippen LogP contribution in [-0.2, 0) is 4.79 Å². The highest BCUT2D eigenvalue weighted by molar-refractivity contribution is 5.76. The number of hydrogen-bond donors (Lipinski definition) is 2. The zero-order valence-electron chi connectivity index (χ0n) is 10.7. The number of carbonyl (C=O) groups is 1. The van der Waals surface area contributed by atoms with Crippen molar-refractivity contribution in [2.24, 2.45) is 0 Å². The molecule has 1 unspecified atom stereocenters. The summed E-state index contributed by atoms with van der Waals surface area (Å²) in [6, 6.07) is 0.625. The van der Waals surface area contributed by atoms with E-state index >= 15 is 0 Å². The first kappa shape index (κ1) is 12.8. The van der Waals surface area contributed by atoms with E-state index in [1.807, 2.05) is 4.90 Å². The lowest BCUT2D eigenvalue weighted by Gasteiger charge is -2.26. The molecular formula is C13H25N3O. The topological polar surface area (TPSA) is 44.4 Å². The van der Waals surface area contributed by atoms with Gasteiger partial charge in [-0.3, -0.25) is 4.79 Å². The molecule has 17 heavy (non-hydrogen) atoms. The highest BCUT2D eigenvalue weighted by atomic mass is 16.2. The average Bonchev–Trinajstić information content (AvgIpc) is 2.88. The second-order valence-corrected chi connectivity index (χ2v) is 5.19. The van der Waals surface area contributed by atoms with E-state index in [-0.39, 0.29) is 0 Å². The maximum atomic E-state index is 11.9. The van der Waals surface area contributed by atoms with Crippen LogP contribution in [0.3, 0.4) is 0 Å². The molecule has 0 saturated carbocycles. The van der Waals surface area contributed by atoms with Gasteiger partial charge in [-0.15, -0.1) is 0 Å². The van der Waals surface area contributed by atoms with Gasteiger partial charge in [0.25, 0.3) is 0 Å². The summed E-state index contributed by atoms with van der Waals surface area (Å²) in [6.07, 6.45) is 6.88. The number of nitrogens with zero attached hydrogens (tertiary/aromatic N) is 1. The molecule has 2 saturated heterocycles. The van der Waals surface area contributed by atoms with Gasteiger partial charge in [-0.25, -0.2) is 0 Å². The lowest BCUT2D eigenvalue weighted by Crippen LogP contribution is -2.39. The predicted molar refractivity (Wildman–Crippen MR) is 68.9 cm³/mol. The minimum Gasteiger partial charge on any atom is -0.343 e. The fraction of sp³-hybridized carbons (Fsp3) is 0.923. The first-order valence-electron chi connectivity index (χ1n) is 7.08. The van der Waals surface area contributed by atoms with Gasteiger partial charge in [0.05, 0.1) is 0 Å². The largest absolute Gasteiger partial charge is 0.343 e. The fourth-order valence-electron chi connectivity index (χ4n) is 2.70. The Morgan fingerprint density at radius 1 is 1.24 bits per heavy atom. The Labute approximate surface area is 104 Å². The maximum absolute atomic E-state index is 11.9. The molecule has 2 N–H and O–H groups in total. The maximum Gasteiger partial charge on any atom is 0.223 e. The van der Waals surface area contributed by atoms with Gasteiger partial charge < -0.3 is 15.5 Å². The normalized spacial score (nSPS) is 25.2. The van der Waals surface area contributed by atoms with Crippen molar-refractivity contribution in [1.82, 2.24) is 15.5 Å². The van der Waals surface area contributed by atoms with Crippen molar-refractivity contribution in [2.75, 3.05) is 32.7 Å². The monoisotopic (exact) mass is 239 g/mol. The van der Waals surface area contributed by atoms with Crippen molar-refractivity contribution < 1.29 is 4.79 Å². The predicted octanol–water partition coefficient (Wildman–Crippen LogP) is 0.731. The van der Waals surface area contributed by atoms with Crippen LogP contribution in [0.5, 0.6) is 0 Å². The smallest absolute Gasteiger partial charge is 0.223 e. The van der Waals surface area contributed by atoms with E-state index in [9.17, 15) is 4.79 Å². The SMILES string of the molecule is O=C(CCNCC1CCCN1)N1CCCCC1. The van der Waals surface area contributed by atoms with E-state index in [0.29, 0.717) is 18.4 Å². The van der Waals surface area contributed by atoms with Gasteiger partial charge in [0.2, 0.25) is 5.91 Å². The zero-order valence-corrected chi connectivity index (χ0v) is 10.7. The number of hydrogen-bond acceptors (Lipinski definition) is 3. The summed E-state index contributed by atoms with van der Waals surface area (Å²) in [5.74, 6) is 0.330. The van der Waals surface area contributed by atoms with Crippen LogP contribution in [0.4, 0.5) is 0 Å². The Hall–Kier alpha value is -0.610. The molecule has 0 spiro atoms. The van der Waals surface area contributed by atoms with Gasteiger partial charge in [-0.05, 0) is 38.6 Å². The van der Waals surface area contributed by atoms with Crippen molar-refractivity contribution in [3.8, 4) is 0 Å². The third-order valence-corrected chi connectivity index (χ3v) is 3.78. The summed E-state index contributed by atoms with van der Waals surface area (Å²) in [5.41, 5.74) is 0. The third-order valence-electron chi connectivity index (χ3n) is 3.78. The van der Waals surface area contributed by atoms with Crippen LogP contribution >= 0.6 is 0 Å². The molecule has 0 bridgehead atoms. The fourth-order valence-corrected chi connectivity index (χ4v) is 2.70. The Bertz CT molecular complexity index is 233. The Balaban J connectivity index is 1.53. The summed E-state index contributed by atoms with van der Waals surface area (Å²) < 4.78 is 0. The van der Waals surface area contributed by atoms with Crippen molar-refractivity contribution in [3.05, 3.63) is 0 Å². The molecule has 2 heterocycles. The molecule has 2 rings (SSSR count). The van der Waals surface area contributed by atoms with Crippen molar-refractivity contribution >= 4 is 5.91 Å². The van der Waals surface area contributed by atoms with Gasteiger partial charge in [0.1, 0.15) is 0 Å². The highest BCUT2D eigenvalue weighted by Crippen LogP contribution is 2.09. The van der Waals surface area contributed by atoms with E-state index in [0.717, 1.165) is 32.7 Å². The van der Waals surface area contributed by atoms with E-state index in [4.69, 9.17) is 0 Å². The number of likely N-dealkylation sites (tertiary alicyclic amines) is 1. The molecule has 0 aromatic rings. The molecule has 98 valence electrons. The molecule has 0 aliphatic carbocycles. The van der Waals surface area contributed by atoms with Crippen LogP contribution in [0.25, 0.3) is 0 Å². The molecular weight excluding hydrogens is 214 g/mol. The number of nitrogens with one attached hydrogen (secondary N) is 2. The number of rotatable bonds is 5. The Morgan fingerprint density at radius 3 is 2.76 bits per heavy atom. The Morgan fingerprint density at radius 2 is 2.06 bits per heavy atom. The van der Waals surface area contributed by atoms with Gasteiger partial charge in [0, 0.05) is 38.6 Å². The summed E-state index contributed by atoms with van der Waals surface area (Å²) in [6.45, 7) is 4.94. The lowest BCUT2D eigenvalue weighted by molar-refractivity contribution is -0.131. The van der Waals surface area contributed by atoms with E-state index < -0.39 is 0 Å². The van der Waals surface area contributed by atoms with Crippen LogP contribution < -0.4 is 10.6 Å². The molecule has 0 aromatic carbocycles. The summed E-state index contributed by atoms with van der Waals surface area (Å²) in [4.78, 5) is 13.9. The number of amides is 1. The highest BCUT2D eigenvalue weighted by Gasteiger charge is 2.16. The van der Waals surface area contributed by atoms with Gasteiger partial charge in [-0.2, -0.15) is 0 Å². The molecule has 2 fully saturated rings. The minimum absolute atomic E-state index is 0.330. The molecule has 1 atom stereocenters. The quantitative estimate of drug-likeness (QED) is 0.695. The second-order valence-electron chi connectivity index (χ2n) is 5.19. The molecule has 2 aliphatic heterocycles. The number of carbonyl (C=O) groups excluding carboxylic acids is 1. The molecule has 1 amide bonds. The molecule has 0 aromatic heterocycles. The third kappa shape index (κ3) is 4.28. The molecule has 0 radical (unpaired) electrons. The first-order valence-corrected chi connectivity index (χ1v) is 7.08. The van der Waals surface area contributed by atoms with Crippen LogP contribution in [0.2, 0.25) is 0 Å². The standard InChI is InChI=1S/C13H25N3O/c17-13(16-9-2-1-3-10-16)6-8-14-11-12-5-4-7-15-12/h12,14-15H,1-11H2. The summed E-state index contributed by atoms with van der Waals surface area (Å²) in [7, 11) is 0. The Kier molecular flexibility index (Phi) is 5.26. The molecule has 4 nitrogen and oxygen atoms in total. The van der Waals surface area contributed by atoms with Crippen molar-refractivity contribution in [2.45, 2.75) is 44.6 Å². The van der Waals surface area contributed by atoms with Crippen LogP contribution in [0.15, 0.2) is 0 Å². The van der Waals surface area contributed by atoms with Gasteiger partial charge >= 0.3 is 0 Å². The van der Waals surface area contributed by atoms with Crippen molar-refractivity contribution in [3.63, 3.8) is 0 Å². The first-order chi connectivity index (χ1) is 8.36. The van der Waals surface area contributed by atoms with E-state index in [1.165, 1.54) is 32.1 Å². The summed E-state index contributed by atoms with van der Waals surface area (Å²) in [5, 5.41) is 6.84. The number of piperidine rings is 1. The van der Waals surface area contributed by atoms with Crippen LogP contribution in [0, 0.1) is 0 Å². The van der Waals surface area contributed by atoms with Crippen molar-refractivity contribution in [1.29, 1.82) is 0 Å². The molecule has 2 aliphatic rings. The zero-order chi connectivity index (χ0) is 11.9. The van der Waals surface area contributed by atoms with Crippen LogP contribution in [-0.4, -0.2) is 49.6 Å².